The van der Waals surface area contributed by atoms with Crippen molar-refractivity contribution in [2.24, 2.45) is 0 Å². The molecule has 0 aliphatic carbocycles. The van der Waals surface area contributed by atoms with Gasteiger partial charge in [-0.2, -0.15) is 4.98 Å². The number of anilines is 2. The summed E-state index contributed by atoms with van der Waals surface area (Å²) in [5.74, 6) is 0.602. The molecule has 6 nitrogen and oxygen atoms in total. The van der Waals surface area contributed by atoms with Crippen molar-refractivity contribution in [1.82, 2.24) is 14.9 Å². The highest BCUT2D eigenvalue weighted by atomic mass is 19.1. The minimum Gasteiger partial charge on any atom is -0.354 e. The predicted molar refractivity (Wildman–Crippen MR) is 85.0 cm³/mol. The zero-order valence-corrected chi connectivity index (χ0v) is 13.4. The van der Waals surface area contributed by atoms with E-state index in [4.69, 9.17) is 0 Å². The van der Waals surface area contributed by atoms with Crippen LogP contribution in [-0.2, 0) is 4.79 Å². The molecule has 0 unspecified atom stereocenters. The fraction of sp³-hybridized carbons (Fsp3) is 0.688. The number of carbonyl (C=O) groups is 1. The van der Waals surface area contributed by atoms with Crippen molar-refractivity contribution in [3.63, 3.8) is 0 Å². The van der Waals surface area contributed by atoms with Gasteiger partial charge in [0.05, 0.1) is 6.20 Å². The Bertz CT molecular complexity index is 618. The summed E-state index contributed by atoms with van der Waals surface area (Å²) in [5, 5.41) is 0. The minimum absolute atomic E-state index is 0.134. The highest BCUT2D eigenvalue weighted by molar-refractivity contribution is 5.86. The maximum absolute atomic E-state index is 14.1. The van der Waals surface area contributed by atoms with Gasteiger partial charge in [-0.25, -0.2) is 9.37 Å². The monoisotopic (exact) mass is 319 g/mol. The summed E-state index contributed by atoms with van der Waals surface area (Å²) >= 11 is 0. The number of hydrogen-bond donors (Lipinski definition) is 0. The maximum atomic E-state index is 14.1. The molecule has 7 heteroatoms. The van der Waals surface area contributed by atoms with Crippen LogP contribution < -0.4 is 9.80 Å². The SMILES string of the molecule is C[C@@H]1C(=O)N2CCC[C@@H]2CN1c1ncc(F)c(N2CCCC2)n1. The van der Waals surface area contributed by atoms with E-state index in [1.54, 1.807) is 0 Å². The molecule has 0 radical (unpaired) electrons. The Morgan fingerprint density at radius 1 is 1.17 bits per heavy atom. The lowest BCUT2D eigenvalue weighted by Gasteiger charge is -2.41. The molecule has 4 heterocycles. The Balaban J connectivity index is 1.64. The Labute approximate surface area is 135 Å². The molecule has 3 fully saturated rings. The van der Waals surface area contributed by atoms with E-state index in [2.05, 4.69) is 9.97 Å². The van der Waals surface area contributed by atoms with Gasteiger partial charge in [-0.05, 0) is 32.6 Å². The number of carbonyl (C=O) groups excluding carboxylic acids is 1. The number of fused-ring (bicyclic) bond motifs is 1. The predicted octanol–water partition coefficient (Wildman–Crippen LogP) is 1.42. The molecule has 2 atom stereocenters. The van der Waals surface area contributed by atoms with E-state index in [-0.39, 0.29) is 23.8 Å². The van der Waals surface area contributed by atoms with E-state index >= 15 is 0 Å². The molecular formula is C16H22FN5O. The zero-order chi connectivity index (χ0) is 16.0. The fourth-order valence-corrected chi connectivity index (χ4v) is 3.97. The third-order valence-corrected chi connectivity index (χ3v) is 5.27. The number of amides is 1. The first-order valence-electron chi connectivity index (χ1n) is 8.50. The quantitative estimate of drug-likeness (QED) is 0.825. The lowest BCUT2D eigenvalue weighted by atomic mass is 10.1. The van der Waals surface area contributed by atoms with Crippen molar-refractivity contribution in [2.45, 2.75) is 44.7 Å². The number of piperazine rings is 1. The topological polar surface area (TPSA) is 52.6 Å². The highest BCUT2D eigenvalue weighted by Gasteiger charge is 2.41. The number of nitrogens with zero attached hydrogens (tertiary/aromatic N) is 5. The molecule has 4 rings (SSSR count). The van der Waals surface area contributed by atoms with Crippen molar-refractivity contribution in [2.75, 3.05) is 36.0 Å². The molecule has 1 aromatic heterocycles. The summed E-state index contributed by atoms with van der Waals surface area (Å²) in [6, 6.07) is -0.0520. The van der Waals surface area contributed by atoms with Crippen molar-refractivity contribution in [1.29, 1.82) is 0 Å². The van der Waals surface area contributed by atoms with Crippen LogP contribution >= 0.6 is 0 Å². The van der Waals surface area contributed by atoms with Crippen LogP contribution in [0.1, 0.15) is 32.6 Å². The van der Waals surface area contributed by atoms with Gasteiger partial charge < -0.3 is 14.7 Å². The average molecular weight is 319 g/mol. The van der Waals surface area contributed by atoms with Gasteiger partial charge in [-0.15, -0.1) is 0 Å². The summed E-state index contributed by atoms with van der Waals surface area (Å²) < 4.78 is 14.1. The molecule has 0 N–H and O–H groups in total. The van der Waals surface area contributed by atoms with Gasteiger partial charge in [0, 0.05) is 32.2 Å². The Hall–Kier alpha value is -1.92. The number of hydrogen-bond acceptors (Lipinski definition) is 5. The number of aromatic nitrogens is 2. The Morgan fingerprint density at radius 3 is 2.74 bits per heavy atom. The van der Waals surface area contributed by atoms with Crippen LogP contribution in [0.4, 0.5) is 16.2 Å². The molecule has 0 aromatic carbocycles. The third-order valence-electron chi connectivity index (χ3n) is 5.27. The second kappa shape index (κ2) is 5.62. The second-order valence-corrected chi connectivity index (χ2v) is 6.69. The molecule has 124 valence electrons. The fourth-order valence-electron chi connectivity index (χ4n) is 3.97. The molecule has 3 aliphatic heterocycles. The lowest BCUT2D eigenvalue weighted by Crippen LogP contribution is -2.59. The first-order valence-corrected chi connectivity index (χ1v) is 8.50. The van der Waals surface area contributed by atoms with Gasteiger partial charge in [0.15, 0.2) is 11.6 Å². The van der Waals surface area contributed by atoms with Crippen molar-refractivity contribution >= 4 is 17.7 Å². The van der Waals surface area contributed by atoms with E-state index < -0.39 is 0 Å². The van der Waals surface area contributed by atoms with Gasteiger partial charge in [0.1, 0.15) is 6.04 Å². The van der Waals surface area contributed by atoms with Gasteiger partial charge >= 0.3 is 0 Å². The average Bonchev–Trinajstić information content (AvgIpc) is 3.23. The van der Waals surface area contributed by atoms with Gasteiger partial charge in [-0.3, -0.25) is 4.79 Å². The second-order valence-electron chi connectivity index (χ2n) is 6.69. The van der Waals surface area contributed by atoms with E-state index in [1.165, 1.54) is 6.20 Å². The molecule has 1 aromatic rings. The van der Waals surface area contributed by atoms with E-state index in [9.17, 15) is 9.18 Å². The third kappa shape index (κ3) is 2.42. The largest absolute Gasteiger partial charge is 0.354 e. The molecule has 0 bridgehead atoms. The summed E-state index contributed by atoms with van der Waals surface area (Å²) in [5.41, 5.74) is 0. The first-order chi connectivity index (χ1) is 11.1. The van der Waals surface area contributed by atoms with Crippen molar-refractivity contribution in [3.05, 3.63) is 12.0 Å². The molecule has 0 spiro atoms. The molecule has 3 aliphatic rings. The lowest BCUT2D eigenvalue weighted by molar-refractivity contribution is -0.134. The zero-order valence-electron chi connectivity index (χ0n) is 13.4. The summed E-state index contributed by atoms with van der Waals surface area (Å²) in [7, 11) is 0. The maximum Gasteiger partial charge on any atom is 0.245 e. The van der Waals surface area contributed by atoms with E-state index in [1.807, 2.05) is 21.6 Å². The smallest absolute Gasteiger partial charge is 0.245 e. The summed E-state index contributed by atoms with van der Waals surface area (Å²) in [6.07, 6.45) is 5.45. The molecule has 1 amide bonds. The summed E-state index contributed by atoms with van der Waals surface area (Å²) in [6.45, 7) is 5.14. The summed E-state index contributed by atoms with van der Waals surface area (Å²) in [4.78, 5) is 27.1. The minimum atomic E-state index is -0.380. The molecular weight excluding hydrogens is 297 g/mol. The van der Waals surface area contributed by atoms with Crippen LogP contribution in [0.3, 0.4) is 0 Å². The van der Waals surface area contributed by atoms with Gasteiger partial charge in [0.25, 0.3) is 0 Å². The number of rotatable bonds is 2. The van der Waals surface area contributed by atoms with Crippen molar-refractivity contribution < 1.29 is 9.18 Å². The van der Waals surface area contributed by atoms with Crippen LogP contribution in [0.2, 0.25) is 0 Å². The normalized spacial score (nSPS) is 27.7. The van der Waals surface area contributed by atoms with E-state index in [0.717, 1.165) is 51.9 Å². The standard InChI is InChI=1S/C16H22FN5O/c1-11-15(23)21-8-4-5-12(21)10-22(11)16-18-9-13(17)14(19-16)20-6-2-3-7-20/h9,11-12H,2-8,10H2,1H3/t11-,12-/m1/s1. The highest BCUT2D eigenvalue weighted by Crippen LogP contribution is 2.29. The van der Waals surface area contributed by atoms with Crippen LogP contribution in [0.15, 0.2) is 6.20 Å². The van der Waals surface area contributed by atoms with Gasteiger partial charge in [0.2, 0.25) is 11.9 Å². The van der Waals surface area contributed by atoms with Crippen molar-refractivity contribution in [3.8, 4) is 0 Å². The van der Waals surface area contributed by atoms with E-state index in [0.29, 0.717) is 11.8 Å². The molecule has 23 heavy (non-hydrogen) atoms. The molecule has 3 saturated heterocycles. The van der Waals surface area contributed by atoms with Crippen LogP contribution in [-0.4, -0.2) is 59.0 Å². The number of halogens is 1. The molecule has 0 saturated carbocycles. The van der Waals surface area contributed by atoms with Gasteiger partial charge in [-0.1, -0.05) is 0 Å². The first kappa shape index (κ1) is 14.7. The van der Waals surface area contributed by atoms with Crippen LogP contribution in [0.25, 0.3) is 0 Å². The van der Waals surface area contributed by atoms with Crippen LogP contribution in [0, 0.1) is 5.82 Å². The van der Waals surface area contributed by atoms with Crippen LogP contribution in [0.5, 0.6) is 0 Å². The Morgan fingerprint density at radius 2 is 1.96 bits per heavy atom. The Kier molecular flexibility index (Phi) is 3.58.